The summed E-state index contributed by atoms with van der Waals surface area (Å²) in [6.45, 7) is 12.3. The SMILES string of the molecule is CCC(c1ccc(CC(=O)OC(C)(C)C)nc1)C(C)C. The number of nitrogens with zero attached hydrogens (tertiary/aromatic N) is 1. The van der Waals surface area contributed by atoms with Gasteiger partial charge < -0.3 is 4.74 Å². The number of aromatic nitrogens is 1. The van der Waals surface area contributed by atoms with Crippen molar-refractivity contribution in [3.8, 4) is 0 Å². The van der Waals surface area contributed by atoms with Crippen LogP contribution in [0.2, 0.25) is 0 Å². The topological polar surface area (TPSA) is 39.2 Å². The maximum absolute atomic E-state index is 11.7. The summed E-state index contributed by atoms with van der Waals surface area (Å²) in [4.78, 5) is 16.1. The van der Waals surface area contributed by atoms with Gasteiger partial charge in [-0.05, 0) is 50.7 Å². The van der Waals surface area contributed by atoms with E-state index in [4.69, 9.17) is 4.74 Å². The Labute approximate surface area is 122 Å². The standard InChI is InChI=1S/C17H27NO2/c1-7-15(12(2)3)13-8-9-14(18-11-13)10-16(19)20-17(4,5)6/h8-9,11-12,15H,7,10H2,1-6H3. The average Bonchev–Trinajstić information content (AvgIpc) is 2.29. The van der Waals surface area contributed by atoms with E-state index < -0.39 is 5.60 Å². The molecule has 20 heavy (non-hydrogen) atoms. The Hall–Kier alpha value is -1.38. The van der Waals surface area contributed by atoms with Crippen molar-refractivity contribution in [2.24, 2.45) is 5.92 Å². The van der Waals surface area contributed by atoms with Gasteiger partial charge in [-0.1, -0.05) is 26.8 Å². The molecule has 1 heterocycles. The van der Waals surface area contributed by atoms with Crippen molar-refractivity contribution in [3.63, 3.8) is 0 Å². The highest BCUT2D eigenvalue weighted by Crippen LogP contribution is 2.27. The lowest BCUT2D eigenvalue weighted by Gasteiger charge is -2.20. The third kappa shape index (κ3) is 5.32. The summed E-state index contributed by atoms with van der Waals surface area (Å²) in [6.07, 6.45) is 3.23. The molecule has 0 spiro atoms. The van der Waals surface area contributed by atoms with Crippen molar-refractivity contribution in [3.05, 3.63) is 29.6 Å². The lowest BCUT2D eigenvalue weighted by atomic mass is 9.87. The Morgan fingerprint density at radius 3 is 2.35 bits per heavy atom. The minimum atomic E-state index is -0.442. The molecular weight excluding hydrogens is 250 g/mol. The summed E-state index contributed by atoms with van der Waals surface area (Å²) in [5.74, 6) is 0.894. The molecule has 0 amide bonds. The molecule has 0 aliphatic heterocycles. The molecule has 1 aromatic heterocycles. The number of hydrogen-bond donors (Lipinski definition) is 0. The molecule has 1 rings (SSSR count). The van der Waals surface area contributed by atoms with Crippen molar-refractivity contribution in [2.45, 2.75) is 65.9 Å². The van der Waals surface area contributed by atoms with Crippen molar-refractivity contribution < 1.29 is 9.53 Å². The molecule has 0 fully saturated rings. The third-order valence-corrected chi connectivity index (χ3v) is 3.27. The molecule has 3 heteroatoms. The second-order valence-corrected chi connectivity index (χ2v) is 6.60. The Kier molecular flexibility index (Phi) is 5.73. The number of pyridine rings is 1. The van der Waals surface area contributed by atoms with Gasteiger partial charge in [-0.25, -0.2) is 0 Å². The molecule has 1 atom stereocenters. The van der Waals surface area contributed by atoms with Crippen LogP contribution in [0.25, 0.3) is 0 Å². The van der Waals surface area contributed by atoms with E-state index in [1.54, 1.807) is 0 Å². The number of carbonyl (C=O) groups excluding carboxylic acids is 1. The summed E-state index contributed by atoms with van der Waals surface area (Å²) in [5, 5.41) is 0. The molecule has 0 aliphatic rings. The van der Waals surface area contributed by atoms with Gasteiger partial charge in [0.2, 0.25) is 0 Å². The van der Waals surface area contributed by atoms with Crippen LogP contribution in [0.4, 0.5) is 0 Å². The molecule has 112 valence electrons. The van der Waals surface area contributed by atoms with Crippen LogP contribution in [-0.2, 0) is 16.0 Å². The van der Waals surface area contributed by atoms with Crippen LogP contribution in [0, 0.1) is 5.92 Å². The van der Waals surface area contributed by atoms with Crippen LogP contribution < -0.4 is 0 Å². The van der Waals surface area contributed by atoms with Gasteiger partial charge in [0.15, 0.2) is 0 Å². The van der Waals surface area contributed by atoms with E-state index in [-0.39, 0.29) is 12.4 Å². The molecule has 1 aromatic rings. The summed E-state index contributed by atoms with van der Waals surface area (Å²) in [6, 6.07) is 4.02. The Morgan fingerprint density at radius 2 is 1.95 bits per heavy atom. The molecule has 0 N–H and O–H groups in total. The van der Waals surface area contributed by atoms with Gasteiger partial charge in [0, 0.05) is 6.20 Å². The van der Waals surface area contributed by atoms with Crippen molar-refractivity contribution >= 4 is 5.97 Å². The van der Waals surface area contributed by atoms with Gasteiger partial charge in [-0.15, -0.1) is 0 Å². The van der Waals surface area contributed by atoms with E-state index in [2.05, 4.69) is 31.8 Å². The highest BCUT2D eigenvalue weighted by molar-refractivity contribution is 5.72. The first kappa shape index (κ1) is 16.7. The van der Waals surface area contributed by atoms with Gasteiger partial charge in [-0.3, -0.25) is 9.78 Å². The van der Waals surface area contributed by atoms with E-state index >= 15 is 0 Å². The first-order valence-electron chi connectivity index (χ1n) is 7.39. The molecule has 0 saturated heterocycles. The van der Waals surface area contributed by atoms with Crippen LogP contribution in [0.3, 0.4) is 0 Å². The number of ether oxygens (including phenoxy) is 1. The average molecular weight is 277 g/mol. The number of rotatable bonds is 5. The Bertz CT molecular complexity index is 429. The van der Waals surface area contributed by atoms with Gasteiger partial charge in [0.05, 0.1) is 12.1 Å². The largest absolute Gasteiger partial charge is 0.460 e. The van der Waals surface area contributed by atoms with E-state index in [9.17, 15) is 4.79 Å². The second kappa shape index (κ2) is 6.87. The van der Waals surface area contributed by atoms with Gasteiger partial charge in [-0.2, -0.15) is 0 Å². The predicted molar refractivity (Wildman–Crippen MR) is 81.7 cm³/mol. The van der Waals surface area contributed by atoms with E-state index in [1.165, 1.54) is 5.56 Å². The summed E-state index contributed by atoms with van der Waals surface area (Å²) >= 11 is 0. The van der Waals surface area contributed by atoms with Gasteiger partial charge >= 0.3 is 5.97 Å². The molecule has 1 unspecified atom stereocenters. The minimum absolute atomic E-state index is 0.228. The van der Waals surface area contributed by atoms with Crippen molar-refractivity contribution in [1.82, 2.24) is 4.98 Å². The van der Waals surface area contributed by atoms with E-state index in [0.29, 0.717) is 11.8 Å². The summed E-state index contributed by atoms with van der Waals surface area (Å²) in [5.41, 5.74) is 1.57. The molecule has 0 aromatic carbocycles. The quantitative estimate of drug-likeness (QED) is 0.760. The first-order valence-corrected chi connectivity index (χ1v) is 7.39. The molecule has 0 radical (unpaired) electrons. The minimum Gasteiger partial charge on any atom is -0.460 e. The van der Waals surface area contributed by atoms with Crippen molar-refractivity contribution in [1.29, 1.82) is 0 Å². The number of esters is 1. The van der Waals surface area contributed by atoms with Crippen LogP contribution in [0.5, 0.6) is 0 Å². The second-order valence-electron chi connectivity index (χ2n) is 6.60. The normalized spacial score (nSPS) is 13.3. The zero-order valence-corrected chi connectivity index (χ0v) is 13.6. The fourth-order valence-corrected chi connectivity index (χ4v) is 2.38. The summed E-state index contributed by atoms with van der Waals surface area (Å²) < 4.78 is 5.30. The predicted octanol–water partition coefficient (Wildman–Crippen LogP) is 4.12. The fourth-order valence-electron chi connectivity index (χ4n) is 2.38. The molecule has 3 nitrogen and oxygen atoms in total. The lowest BCUT2D eigenvalue weighted by Crippen LogP contribution is -2.25. The smallest absolute Gasteiger partial charge is 0.312 e. The molecule has 0 aliphatic carbocycles. The first-order chi connectivity index (χ1) is 9.23. The van der Waals surface area contributed by atoms with Gasteiger partial charge in [0.1, 0.15) is 5.60 Å². The fraction of sp³-hybridized carbons (Fsp3) is 0.647. The molecular formula is C17H27NO2. The van der Waals surface area contributed by atoms with Crippen LogP contribution in [0.15, 0.2) is 18.3 Å². The maximum atomic E-state index is 11.7. The third-order valence-electron chi connectivity index (χ3n) is 3.27. The lowest BCUT2D eigenvalue weighted by molar-refractivity contribution is -0.153. The molecule has 0 bridgehead atoms. The molecule has 0 saturated carbocycles. The van der Waals surface area contributed by atoms with Crippen LogP contribution in [0.1, 0.15) is 65.1 Å². The monoisotopic (exact) mass is 277 g/mol. The van der Waals surface area contributed by atoms with E-state index in [1.807, 2.05) is 33.0 Å². The summed E-state index contributed by atoms with van der Waals surface area (Å²) in [7, 11) is 0. The van der Waals surface area contributed by atoms with Gasteiger partial charge in [0.25, 0.3) is 0 Å². The Balaban J connectivity index is 2.70. The zero-order chi connectivity index (χ0) is 15.3. The highest BCUT2D eigenvalue weighted by Gasteiger charge is 2.18. The van der Waals surface area contributed by atoms with Crippen LogP contribution in [-0.4, -0.2) is 16.6 Å². The Morgan fingerprint density at radius 1 is 1.30 bits per heavy atom. The highest BCUT2D eigenvalue weighted by atomic mass is 16.6. The zero-order valence-electron chi connectivity index (χ0n) is 13.6. The number of carbonyl (C=O) groups is 1. The maximum Gasteiger partial charge on any atom is 0.312 e. The van der Waals surface area contributed by atoms with E-state index in [0.717, 1.165) is 12.1 Å². The van der Waals surface area contributed by atoms with Crippen molar-refractivity contribution in [2.75, 3.05) is 0 Å². The number of hydrogen-bond acceptors (Lipinski definition) is 3. The van der Waals surface area contributed by atoms with Crippen LogP contribution >= 0.6 is 0 Å².